The second-order valence-corrected chi connectivity index (χ2v) is 6.05. The molecule has 1 saturated heterocycles. The first kappa shape index (κ1) is 14.3. The number of halogens is 1. The molecule has 1 amide bonds. The molecule has 0 radical (unpaired) electrons. The zero-order valence-electron chi connectivity index (χ0n) is 12.1. The Bertz CT molecular complexity index is 530. The predicted molar refractivity (Wildman–Crippen MR) is 80.4 cm³/mol. The van der Waals surface area contributed by atoms with E-state index in [1.54, 1.807) is 12.1 Å². The maximum Gasteiger partial charge on any atom is 0.240 e. The first-order valence-corrected chi connectivity index (χ1v) is 7.73. The third-order valence-electron chi connectivity index (χ3n) is 4.32. The summed E-state index contributed by atoms with van der Waals surface area (Å²) >= 11 is 0. The van der Waals surface area contributed by atoms with Crippen molar-refractivity contribution in [3.8, 4) is 0 Å². The summed E-state index contributed by atoms with van der Waals surface area (Å²) in [5, 5.41) is 3.37. The van der Waals surface area contributed by atoms with Crippen LogP contribution in [0.1, 0.15) is 37.7 Å². The quantitative estimate of drug-likeness (QED) is 0.871. The lowest BCUT2D eigenvalue weighted by Crippen LogP contribution is -2.48. The number of hydrogen-bond acceptors (Lipinski definition) is 3. The summed E-state index contributed by atoms with van der Waals surface area (Å²) in [7, 11) is 0. The van der Waals surface area contributed by atoms with Crippen molar-refractivity contribution in [1.29, 1.82) is 0 Å². The molecule has 2 aliphatic rings. The number of hydrogen-bond donors (Lipinski definition) is 2. The van der Waals surface area contributed by atoms with Gasteiger partial charge in [0.2, 0.25) is 5.91 Å². The number of benzene rings is 1. The zero-order valence-corrected chi connectivity index (χ0v) is 12.1. The number of anilines is 1. The normalized spacial score (nSPS) is 22.3. The fourth-order valence-corrected chi connectivity index (χ4v) is 2.96. The lowest BCUT2D eigenvalue weighted by atomic mass is 10.00. The van der Waals surface area contributed by atoms with Crippen LogP contribution in [-0.2, 0) is 11.3 Å². The number of nitrogens with zero attached hydrogens (tertiary/aromatic N) is 1. The molecule has 1 atom stereocenters. The van der Waals surface area contributed by atoms with Gasteiger partial charge in [-0.05, 0) is 49.8 Å². The largest absolute Gasteiger partial charge is 0.368 e. The first-order chi connectivity index (χ1) is 10.1. The van der Waals surface area contributed by atoms with Crippen LogP contribution in [0, 0.1) is 5.82 Å². The molecule has 0 aromatic heterocycles. The maximum atomic E-state index is 14.4. The van der Waals surface area contributed by atoms with Crippen molar-refractivity contribution in [3.05, 3.63) is 29.6 Å². The minimum absolute atomic E-state index is 0.266. The lowest BCUT2D eigenvalue weighted by molar-refractivity contribution is -0.119. The summed E-state index contributed by atoms with van der Waals surface area (Å²) in [5.41, 5.74) is 6.88. The average molecular weight is 291 g/mol. The zero-order chi connectivity index (χ0) is 14.8. The van der Waals surface area contributed by atoms with Gasteiger partial charge >= 0.3 is 0 Å². The van der Waals surface area contributed by atoms with E-state index in [9.17, 15) is 9.18 Å². The Morgan fingerprint density at radius 1 is 1.33 bits per heavy atom. The summed E-state index contributed by atoms with van der Waals surface area (Å²) in [5.74, 6) is -0.633. The van der Waals surface area contributed by atoms with E-state index in [1.165, 1.54) is 12.8 Å². The fourth-order valence-electron chi connectivity index (χ4n) is 2.96. The number of primary amides is 1. The van der Waals surface area contributed by atoms with E-state index in [4.69, 9.17) is 5.73 Å². The van der Waals surface area contributed by atoms with E-state index in [-0.39, 0.29) is 17.8 Å². The van der Waals surface area contributed by atoms with Gasteiger partial charge in [-0.25, -0.2) is 4.39 Å². The molecule has 1 aliphatic carbocycles. The van der Waals surface area contributed by atoms with E-state index in [0.29, 0.717) is 31.2 Å². The summed E-state index contributed by atoms with van der Waals surface area (Å²) in [4.78, 5) is 13.4. The minimum atomic E-state index is -0.385. The summed E-state index contributed by atoms with van der Waals surface area (Å²) in [6, 6.07) is 5.50. The van der Waals surface area contributed by atoms with Crippen LogP contribution >= 0.6 is 0 Å². The molecule has 1 unspecified atom stereocenters. The van der Waals surface area contributed by atoms with Crippen molar-refractivity contribution in [2.45, 2.75) is 50.7 Å². The highest BCUT2D eigenvalue weighted by Gasteiger charge is 2.28. The number of rotatable bonds is 5. The van der Waals surface area contributed by atoms with E-state index in [2.05, 4.69) is 5.32 Å². The molecule has 5 heteroatoms. The third kappa shape index (κ3) is 3.35. The number of carbonyl (C=O) groups is 1. The second kappa shape index (κ2) is 6.02. The van der Waals surface area contributed by atoms with Gasteiger partial charge in [0.05, 0.1) is 5.69 Å². The van der Waals surface area contributed by atoms with Gasteiger partial charge in [0.1, 0.15) is 11.9 Å². The maximum absolute atomic E-state index is 14.4. The van der Waals surface area contributed by atoms with E-state index >= 15 is 0 Å². The topological polar surface area (TPSA) is 58.4 Å². The molecule has 2 fully saturated rings. The fraction of sp³-hybridized carbons (Fsp3) is 0.562. The van der Waals surface area contributed by atoms with Crippen molar-refractivity contribution < 1.29 is 9.18 Å². The van der Waals surface area contributed by atoms with Crippen LogP contribution in [0.15, 0.2) is 18.2 Å². The number of nitrogens with two attached hydrogens (primary N) is 1. The highest BCUT2D eigenvalue weighted by atomic mass is 19.1. The highest BCUT2D eigenvalue weighted by molar-refractivity contribution is 5.84. The predicted octanol–water partition coefficient (Wildman–Crippen LogP) is 1.92. The highest BCUT2D eigenvalue weighted by Crippen LogP contribution is 2.28. The number of nitrogens with one attached hydrogen (secondary N) is 1. The van der Waals surface area contributed by atoms with E-state index < -0.39 is 0 Å². The van der Waals surface area contributed by atoms with Crippen LogP contribution in [0.4, 0.5) is 10.1 Å². The molecule has 3 N–H and O–H groups in total. The Morgan fingerprint density at radius 2 is 2.14 bits per heavy atom. The standard InChI is InChI=1S/C16H22FN3O/c17-13-9-11(10-19-12-5-6-12)4-7-14(13)20-8-2-1-3-15(20)16(18)21/h4,7,9,12,15,19H,1-3,5-6,8,10H2,(H2,18,21). The van der Waals surface area contributed by atoms with Gasteiger partial charge in [-0.3, -0.25) is 4.79 Å². The Kier molecular flexibility index (Phi) is 4.10. The minimum Gasteiger partial charge on any atom is -0.368 e. The Balaban J connectivity index is 1.75. The van der Waals surface area contributed by atoms with Crippen molar-refractivity contribution >= 4 is 11.6 Å². The molecule has 3 rings (SSSR count). The van der Waals surface area contributed by atoms with Gasteiger partial charge in [0.25, 0.3) is 0 Å². The number of carbonyl (C=O) groups excluding carboxylic acids is 1. The first-order valence-electron chi connectivity index (χ1n) is 7.73. The lowest BCUT2D eigenvalue weighted by Gasteiger charge is -2.35. The van der Waals surface area contributed by atoms with Crippen LogP contribution in [0.2, 0.25) is 0 Å². The van der Waals surface area contributed by atoms with Crippen LogP contribution in [0.25, 0.3) is 0 Å². The van der Waals surface area contributed by atoms with E-state index in [1.807, 2.05) is 11.0 Å². The SMILES string of the molecule is NC(=O)C1CCCCN1c1ccc(CNC2CC2)cc1F. The number of piperidine rings is 1. The Labute approximate surface area is 124 Å². The smallest absolute Gasteiger partial charge is 0.240 e. The van der Waals surface area contributed by atoms with Gasteiger partial charge in [0.15, 0.2) is 0 Å². The molecule has 0 bridgehead atoms. The summed E-state index contributed by atoms with van der Waals surface area (Å²) in [6.07, 6.45) is 5.08. The molecule has 1 aliphatic heterocycles. The molecular formula is C16H22FN3O. The van der Waals surface area contributed by atoms with Crippen molar-refractivity contribution in [1.82, 2.24) is 5.32 Å². The van der Waals surface area contributed by atoms with Gasteiger partial charge < -0.3 is 16.0 Å². The monoisotopic (exact) mass is 291 g/mol. The summed E-state index contributed by atoms with van der Waals surface area (Å²) < 4.78 is 14.4. The molecule has 0 spiro atoms. The molecule has 1 aromatic rings. The molecule has 1 saturated carbocycles. The molecule has 21 heavy (non-hydrogen) atoms. The molecule has 1 aromatic carbocycles. The van der Waals surface area contributed by atoms with Gasteiger partial charge in [-0.1, -0.05) is 6.07 Å². The average Bonchev–Trinajstić information content (AvgIpc) is 3.29. The van der Waals surface area contributed by atoms with Crippen LogP contribution in [0.3, 0.4) is 0 Å². The molecule has 1 heterocycles. The van der Waals surface area contributed by atoms with Gasteiger partial charge in [-0.15, -0.1) is 0 Å². The van der Waals surface area contributed by atoms with Crippen molar-refractivity contribution in [3.63, 3.8) is 0 Å². The van der Waals surface area contributed by atoms with Crippen LogP contribution in [-0.4, -0.2) is 24.5 Å². The second-order valence-electron chi connectivity index (χ2n) is 6.05. The van der Waals surface area contributed by atoms with Crippen molar-refractivity contribution in [2.75, 3.05) is 11.4 Å². The molecule has 114 valence electrons. The van der Waals surface area contributed by atoms with Crippen LogP contribution < -0.4 is 16.0 Å². The Hall–Kier alpha value is -1.62. The van der Waals surface area contributed by atoms with Gasteiger partial charge in [0, 0.05) is 19.1 Å². The van der Waals surface area contributed by atoms with Gasteiger partial charge in [-0.2, -0.15) is 0 Å². The molecule has 4 nitrogen and oxygen atoms in total. The van der Waals surface area contributed by atoms with E-state index in [0.717, 1.165) is 18.4 Å². The number of amides is 1. The summed E-state index contributed by atoms with van der Waals surface area (Å²) in [6.45, 7) is 1.38. The third-order valence-corrected chi connectivity index (χ3v) is 4.32. The Morgan fingerprint density at radius 3 is 2.81 bits per heavy atom. The van der Waals surface area contributed by atoms with Crippen molar-refractivity contribution in [2.24, 2.45) is 5.73 Å². The molecular weight excluding hydrogens is 269 g/mol. The van der Waals surface area contributed by atoms with Crippen LogP contribution in [0.5, 0.6) is 0 Å².